The van der Waals surface area contributed by atoms with Gasteiger partial charge in [0.1, 0.15) is 0 Å². The van der Waals surface area contributed by atoms with Gasteiger partial charge in [-0.2, -0.15) is 5.26 Å². The van der Waals surface area contributed by atoms with Crippen LogP contribution in [0.25, 0.3) is 5.57 Å². The number of amides is 1. The van der Waals surface area contributed by atoms with Gasteiger partial charge in [-0.3, -0.25) is 4.79 Å². The Morgan fingerprint density at radius 1 is 1.14 bits per heavy atom. The predicted molar refractivity (Wildman–Crippen MR) is 148 cm³/mol. The van der Waals surface area contributed by atoms with Gasteiger partial charge in [-0.25, -0.2) is 0 Å². The summed E-state index contributed by atoms with van der Waals surface area (Å²) in [4.78, 5) is 13.3. The maximum atomic E-state index is 13.3. The Morgan fingerprint density at radius 3 is 2.73 bits per heavy atom. The molecule has 0 saturated heterocycles. The van der Waals surface area contributed by atoms with Crippen molar-refractivity contribution in [2.24, 2.45) is 11.3 Å². The quantitative estimate of drug-likeness (QED) is 0.505. The lowest BCUT2D eigenvalue weighted by atomic mass is 9.72. The summed E-state index contributed by atoms with van der Waals surface area (Å²) in [6.07, 6.45) is 12.8. The maximum absolute atomic E-state index is 13.3. The fourth-order valence-electron chi connectivity index (χ4n) is 6.26. The first kappa shape index (κ1) is 23.7. The molecule has 0 bridgehead atoms. The lowest BCUT2D eigenvalue weighted by Gasteiger charge is -2.34. The molecule has 0 aromatic heterocycles. The van der Waals surface area contributed by atoms with Gasteiger partial charge in [0.2, 0.25) is 0 Å². The molecule has 3 atom stereocenters. The van der Waals surface area contributed by atoms with Gasteiger partial charge in [0.25, 0.3) is 5.91 Å². The number of nitrogens with one attached hydrogen (secondary N) is 1. The largest absolute Gasteiger partial charge is 0.351 e. The minimum absolute atomic E-state index is 0.0726. The standard InChI is InChI=1S/C34H33N2O/c1-22-13-24-11-12-33(2,18-29(24)16-30(22)23-7-5-4-6-8-23)21-36-32(37)26-10-9-25-14-27-15-28(27)19-34(3,20-35)31(25)17-26/h4-11,15-18,22H,12-14,19,21H2,1-3H3,(H,36,37)/t22?,33?,34-/m0/s1. The highest BCUT2D eigenvalue weighted by Crippen LogP contribution is 2.47. The summed E-state index contributed by atoms with van der Waals surface area (Å²) in [5, 5.41) is 13.2. The molecule has 4 aliphatic rings. The van der Waals surface area contributed by atoms with E-state index < -0.39 is 5.41 Å². The van der Waals surface area contributed by atoms with E-state index in [4.69, 9.17) is 0 Å². The van der Waals surface area contributed by atoms with Crippen LogP contribution in [0.4, 0.5) is 0 Å². The molecule has 3 heteroatoms. The predicted octanol–water partition coefficient (Wildman–Crippen LogP) is 7.04. The van der Waals surface area contributed by atoms with Crippen LogP contribution in [0.15, 0.2) is 89.1 Å². The lowest BCUT2D eigenvalue weighted by molar-refractivity contribution is 0.0940. The Morgan fingerprint density at radius 2 is 1.95 bits per heavy atom. The molecule has 0 aliphatic heterocycles. The van der Waals surface area contributed by atoms with Crippen molar-refractivity contribution >= 4 is 11.5 Å². The third-order valence-corrected chi connectivity index (χ3v) is 8.63. The zero-order chi connectivity index (χ0) is 25.8. The zero-order valence-corrected chi connectivity index (χ0v) is 21.9. The van der Waals surface area contributed by atoms with Crippen LogP contribution in [0.5, 0.6) is 0 Å². The SMILES string of the molecule is CC1CC2=CCC(C)(CNC(=O)c3ccc4c(c3)[C@](C)(C#N)CC3=C([CH]3)C4)C=C2C=C1c1ccccc1. The molecule has 2 aromatic rings. The van der Waals surface area contributed by atoms with Crippen LogP contribution in [0.1, 0.15) is 67.1 Å². The molecule has 0 heterocycles. The average Bonchev–Trinajstić information content (AvgIpc) is 3.65. The molecule has 0 spiro atoms. The smallest absolute Gasteiger partial charge is 0.251 e. The second kappa shape index (κ2) is 8.73. The van der Waals surface area contributed by atoms with Crippen LogP contribution in [0.2, 0.25) is 0 Å². The first-order valence-corrected chi connectivity index (χ1v) is 13.4. The molecule has 4 aliphatic carbocycles. The van der Waals surface area contributed by atoms with Crippen LogP contribution < -0.4 is 5.32 Å². The van der Waals surface area contributed by atoms with Crippen LogP contribution in [0.3, 0.4) is 0 Å². The number of carbonyl (C=O) groups excluding carboxylic acids is 1. The normalized spacial score (nSPS) is 27.8. The van der Waals surface area contributed by atoms with Gasteiger partial charge in [0.05, 0.1) is 11.5 Å². The van der Waals surface area contributed by atoms with Crippen molar-refractivity contribution < 1.29 is 4.79 Å². The summed E-state index contributed by atoms with van der Waals surface area (Å²) in [5.41, 5.74) is 10.1. The fraction of sp³-hybridized carbons (Fsp3) is 0.324. The van der Waals surface area contributed by atoms with E-state index in [2.05, 4.69) is 80.2 Å². The van der Waals surface area contributed by atoms with Gasteiger partial charge in [0, 0.05) is 23.9 Å². The van der Waals surface area contributed by atoms with E-state index in [0.717, 1.165) is 36.8 Å². The second-order valence-corrected chi connectivity index (χ2v) is 11.8. The third kappa shape index (κ3) is 4.40. The van der Waals surface area contributed by atoms with Gasteiger partial charge in [-0.05, 0) is 84.1 Å². The van der Waals surface area contributed by atoms with Gasteiger partial charge in [-0.15, -0.1) is 0 Å². The molecule has 0 saturated carbocycles. The highest BCUT2D eigenvalue weighted by atomic mass is 16.1. The number of allylic oxidation sites excluding steroid dienone is 7. The molecule has 6 rings (SSSR count). The van der Waals surface area contributed by atoms with Crippen molar-refractivity contribution in [3.8, 4) is 6.07 Å². The van der Waals surface area contributed by atoms with Crippen LogP contribution in [0, 0.1) is 29.1 Å². The van der Waals surface area contributed by atoms with Crippen LogP contribution in [-0.2, 0) is 11.8 Å². The Balaban J connectivity index is 1.21. The molecule has 2 aromatic carbocycles. The monoisotopic (exact) mass is 485 g/mol. The van der Waals surface area contributed by atoms with E-state index >= 15 is 0 Å². The molecule has 1 N–H and O–H groups in total. The number of hydrogen-bond donors (Lipinski definition) is 1. The van der Waals surface area contributed by atoms with Crippen molar-refractivity contribution in [3.63, 3.8) is 0 Å². The number of nitriles is 1. The van der Waals surface area contributed by atoms with Gasteiger partial charge >= 0.3 is 0 Å². The summed E-state index contributed by atoms with van der Waals surface area (Å²) < 4.78 is 0. The minimum atomic E-state index is -0.600. The number of rotatable bonds is 4. The average molecular weight is 486 g/mol. The van der Waals surface area contributed by atoms with E-state index in [1.54, 1.807) is 0 Å². The van der Waals surface area contributed by atoms with E-state index in [1.165, 1.54) is 33.4 Å². The molecule has 185 valence electrons. The van der Waals surface area contributed by atoms with E-state index in [0.29, 0.717) is 18.0 Å². The van der Waals surface area contributed by atoms with Crippen molar-refractivity contribution in [2.75, 3.05) is 6.54 Å². The van der Waals surface area contributed by atoms with E-state index in [1.807, 2.05) is 25.1 Å². The van der Waals surface area contributed by atoms with Crippen molar-refractivity contribution in [3.05, 3.63) is 118 Å². The number of carbonyl (C=O) groups is 1. The number of nitrogens with zero attached hydrogens (tertiary/aromatic N) is 1. The molecule has 2 unspecified atom stereocenters. The van der Waals surface area contributed by atoms with E-state index in [9.17, 15) is 10.1 Å². The topological polar surface area (TPSA) is 52.9 Å². The minimum Gasteiger partial charge on any atom is -0.351 e. The van der Waals surface area contributed by atoms with Crippen molar-refractivity contribution in [2.45, 2.75) is 51.9 Å². The molecular formula is C34H33N2O. The highest BCUT2D eigenvalue weighted by Gasteiger charge is 2.39. The van der Waals surface area contributed by atoms with E-state index in [-0.39, 0.29) is 11.3 Å². The highest BCUT2D eigenvalue weighted by molar-refractivity contribution is 5.94. The van der Waals surface area contributed by atoms with Gasteiger partial charge < -0.3 is 5.32 Å². The van der Waals surface area contributed by atoms with Crippen molar-refractivity contribution in [1.82, 2.24) is 5.32 Å². The molecule has 3 nitrogen and oxygen atoms in total. The van der Waals surface area contributed by atoms with Crippen LogP contribution in [-0.4, -0.2) is 12.5 Å². The van der Waals surface area contributed by atoms with Gasteiger partial charge in [-0.1, -0.05) is 79.6 Å². The third-order valence-electron chi connectivity index (χ3n) is 8.63. The summed E-state index contributed by atoms with van der Waals surface area (Å²) in [6.45, 7) is 7.10. The molecule has 37 heavy (non-hydrogen) atoms. The summed E-state index contributed by atoms with van der Waals surface area (Å²) in [7, 11) is 0. The summed E-state index contributed by atoms with van der Waals surface area (Å²) in [5.74, 6) is 0.416. The van der Waals surface area contributed by atoms with Crippen LogP contribution >= 0.6 is 0 Å². The number of hydrogen-bond acceptors (Lipinski definition) is 2. The maximum Gasteiger partial charge on any atom is 0.251 e. The Labute approximate surface area is 220 Å². The summed E-state index contributed by atoms with van der Waals surface area (Å²) in [6, 6.07) is 19.1. The molecule has 1 amide bonds. The Bertz CT molecular complexity index is 1460. The number of fused-ring (bicyclic) bond motifs is 2. The summed E-state index contributed by atoms with van der Waals surface area (Å²) >= 11 is 0. The fourth-order valence-corrected chi connectivity index (χ4v) is 6.26. The van der Waals surface area contributed by atoms with Gasteiger partial charge in [0.15, 0.2) is 0 Å². The molecule has 0 fully saturated rings. The lowest BCUT2D eigenvalue weighted by Crippen LogP contribution is -2.36. The molecular weight excluding hydrogens is 452 g/mol. The second-order valence-electron chi connectivity index (χ2n) is 11.8. The molecule has 1 radical (unpaired) electrons. The van der Waals surface area contributed by atoms with Crippen molar-refractivity contribution in [1.29, 1.82) is 5.26 Å². The number of benzene rings is 2. The Kier molecular flexibility index (Phi) is 5.60. The first-order chi connectivity index (χ1) is 17.8. The first-order valence-electron chi connectivity index (χ1n) is 13.4. The Hall–Kier alpha value is -3.64. The zero-order valence-electron chi connectivity index (χ0n) is 21.9.